The predicted molar refractivity (Wildman–Crippen MR) is 74.3 cm³/mol. The van der Waals surface area contributed by atoms with Crippen molar-refractivity contribution in [2.45, 2.75) is 25.9 Å². The van der Waals surface area contributed by atoms with Crippen LogP contribution in [0.2, 0.25) is 0 Å². The number of hydrogen-bond acceptors (Lipinski definition) is 4. The van der Waals surface area contributed by atoms with Crippen LogP contribution in [0.1, 0.15) is 40.4 Å². The van der Waals surface area contributed by atoms with Gasteiger partial charge in [-0.25, -0.2) is 4.39 Å². The van der Waals surface area contributed by atoms with Gasteiger partial charge in [-0.15, -0.1) is 0 Å². The van der Waals surface area contributed by atoms with Crippen molar-refractivity contribution in [1.29, 1.82) is 0 Å². The molecule has 1 atom stereocenters. The molecule has 1 aromatic carbocycles. The molecule has 0 aliphatic rings. The quantitative estimate of drug-likeness (QED) is 0.884. The summed E-state index contributed by atoms with van der Waals surface area (Å²) in [6.07, 6.45) is -0.592. The lowest BCUT2D eigenvalue weighted by Crippen LogP contribution is -2.20. The van der Waals surface area contributed by atoms with Gasteiger partial charge in [-0.1, -0.05) is 30.3 Å². The Kier molecular flexibility index (Phi) is 4.70. The number of rotatable bonds is 5. The highest BCUT2D eigenvalue weighted by Crippen LogP contribution is 2.24. The van der Waals surface area contributed by atoms with Crippen molar-refractivity contribution in [2.24, 2.45) is 0 Å². The molecular formula is C15H17FN2O3. The van der Waals surface area contributed by atoms with Gasteiger partial charge < -0.3 is 14.9 Å². The number of aliphatic hydroxyl groups is 1. The zero-order chi connectivity index (χ0) is 15.4. The van der Waals surface area contributed by atoms with E-state index >= 15 is 0 Å². The fourth-order valence-corrected chi connectivity index (χ4v) is 2.16. The van der Waals surface area contributed by atoms with Gasteiger partial charge >= 0.3 is 0 Å². The number of halogens is 1. The second-order valence-electron chi connectivity index (χ2n) is 4.60. The first-order valence-corrected chi connectivity index (χ1v) is 6.70. The number of nitrogens with one attached hydrogen (secondary N) is 1. The van der Waals surface area contributed by atoms with E-state index in [1.807, 2.05) is 6.92 Å². The van der Waals surface area contributed by atoms with E-state index in [0.717, 1.165) is 0 Å². The number of aryl methyl sites for hydroxylation is 1. The first-order chi connectivity index (χ1) is 10.1. The minimum atomic E-state index is -1.10. The summed E-state index contributed by atoms with van der Waals surface area (Å²) in [6, 6.07) is 5.96. The van der Waals surface area contributed by atoms with Crippen molar-refractivity contribution < 1.29 is 18.8 Å². The summed E-state index contributed by atoms with van der Waals surface area (Å²) in [5.41, 5.74) is 0.996. The van der Waals surface area contributed by atoms with Gasteiger partial charge in [0, 0.05) is 19.0 Å². The summed E-state index contributed by atoms with van der Waals surface area (Å²) in [5, 5.41) is 16.5. The van der Waals surface area contributed by atoms with Crippen LogP contribution in [-0.2, 0) is 12.8 Å². The van der Waals surface area contributed by atoms with Gasteiger partial charge in [-0.2, -0.15) is 0 Å². The number of benzene rings is 1. The molecule has 5 nitrogen and oxygen atoms in total. The highest BCUT2D eigenvalue weighted by atomic mass is 19.1. The third kappa shape index (κ3) is 3.11. The third-order valence-electron chi connectivity index (χ3n) is 3.27. The normalized spacial score (nSPS) is 12.2. The monoisotopic (exact) mass is 292 g/mol. The number of aliphatic hydroxyl groups excluding tert-OH is 1. The molecule has 0 bridgehead atoms. The summed E-state index contributed by atoms with van der Waals surface area (Å²) in [4.78, 5) is 11.9. The van der Waals surface area contributed by atoms with Gasteiger partial charge in [-0.05, 0) is 12.5 Å². The molecule has 0 radical (unpaired) electrons. The van der Waals surface area contributed by atoms with Crippen molar-refractivity contribution >= 4 is 5.91 Å². The lowest BCUT2D eigenvalue weighted by Gasteiger charge is -2.10. The minimum Gasteiger partial charge on any atom is -0.388 e. The van der Waals surface area contributed by atoms with E-state index in [1.54, 1.807) is 12.1 Å². The van der Waals surface area contributed by atoms with Crippen molar-refractivity contribution in [3.8, 4) is 0 Å². The van der Waals surface area contributed by atoms with Crippen molar-refractivity contribution in [3.63, 3.8) is 0 Å². The molecule has 1 heterocycles. The van der Waals surface area contributed by atoms with E-state index in [2.05, 4.69) is 10.5 Å². The smallest absolute Gasteiger partial charge is 0.256 e. The number of nitrogens with zero attached hydrogens (tertiary/aromatic N) is 1. The number of amides is 1. The molecule has 0 spiro atoms. The van der Waals surface area contributed by atoms with Crippen molar-refractivity contribution in [1.82, 2.24) is 10.5 Å². The maximum Gasteiger partial charge on any atom is 0.256 e. The molecule has 112 valence electrons. The highest BCUT2D eigenvalue weighted by Gasteiger charge is 2.24. The standard InChI is InChI=1S/C15H17FN2O3/c1-3-11-14(15(20)17-2)13(21-18-11)8-12(19)9-6-4-5-7-10(9)16/h4-7,12,19H,3,8H2,1-2H3,(H,17,20). The van der Waals surface area contributed by atoms with Crippen molar-refractivity contribution in [3.05, 3.63) is 52.7 Å². The molecule has 0 saturated heterocycles. The predicted octanol–water partition coefficient (Wildman–Crippen LogP) is 2.01. The van der Waals surface area contributed by atoms with E-state index in [0.29, 0.717) is 17.7 Å². The maximum absolute atomic E-state index is 13.7. The summed E-state index contributed by atoms with van der Waals surface area (Å²) >= 11 is 0. The molecule has 1 amide bonds. The maximum atomic E-state index is 13.7. The van der Waals surface area contributed by atoms with Gasteiger partial charge in [0.25, 0.3) is 5.91 Å². The van der Waals surface area contributed by atoms with Crippen LogP contribution >= 0.6 is 0 Å². The number of carbonyl (C=O) groups excluding carboxylic acids is 1. The highest BCUT2D eigenvalue weighted by molar-refractivity contribution is 5.96. The van der Waals surface area contributed by atoms with Crippen LogP contribution in [0.4, 0.5) is 4.39 Å². The zero-order valence-corrected chi connectivity index (χ0v) is 11.9. The average molecular weight is 292 g/mol. The van der Waals surface area contributed by atoms with Crippen LogP contribution in [0.25, 0.3) is 0 Å². The van der Waals surface area contributed by atoms with E-state index in [4.69, 9.17) is 4.52 Å². The van der Waals surface area contributed by atoms with Crippen LogP contribution in [0.15, 0.2) is 28.8 Å². The molecule has 1 unspecified atom stereocenters. The molecule has 0 aliphatic heterocycles. The Hall–Kier alpha value is -2.21. The average Bonchev–Trinajstić information content (AvgIpc) is 2.89. The van der Waals surface area contributed by atoms with E-state index in [9.17, 15) is 14.3 Å². The van der Waals surface area contributed by atoms with Crippen LogP contribution in [0, 0.1) is 5.82 Å². The van der Waals surface area contributed by atoms with Crippen molar-refractivity contribution in [2.75, 3.05) is 7.05 Å². The molecule has 6 heteroatoms. The van der Waals surface area contributed by atoms with Gasteiger partial charge in [0.05, 0.1) is 11.8 Å². The van der Waals surface area contributed by atoms with Gasteiger partial charge in [0.15, 0.2) is 5.76 Å². The molecule has 2 N–H and O–H groups in total. The second-order valence-corrected chi connectivity index (χ2v) is 4.60. The summed E-state index contributed by atoms with van der Waals surface area (Å²) in [5.74, 6) is -0.576. The number of hydrogen-bond donors (Lipinski definition) is 2. The first kappa shape index (κ1) is 15.2. The van der Waals surface area contributed by atoms with Crippen LogP contribution in [-0.4, -0.2) is 23.2 Å². The summed E-state index contributed by atoms with van der Waals surface area (Å²) < 4.78 is 18.8. The fourth-order valence-electron chi connectivity index (χ4n) is 2.16. The molecule has 1 aromatic heterocycles. The van der Waals surface area contributed by atoms with Crippen LogP contribution in [0.3, 0.4) is 0 Å². The molecule has 0 aliphatic carbocycles. The SMILES string of the molecule is CCc1noc(CC(O)c2ccccc2F)c1C(=O)NC. The Morgan fingerprint density at radius 3 is 2.81 bits per heavy atom. The molecular weight excluding hydrogens is 275 g/mol. The third-order valence-corrected chi connectivity index (χ3v) is 3.27. The Morgan fingerprint density at radius 1 is 1.48 bits per heavy atom. The zero-order valence-electron chi connectivity index (χ0n) is 11.9. The molecule has 2 rings (SSSR count). The van der Waals surface area contributed by atoms with E-state index in [-0.39, 0.29) is 23.7 Å². The molecule has 21 heavy (non-hydrogen) atoms. The molecule has 0 saturated carbocycles. The van der Waals surface area contributed by atoms with Gasteiger partial charge in [-0.3, -0.25) is 4.79 Å². The largest absolute Gasteiger partial charge is 0.388 e. The first-order valence-electron chi connectivity index (χ1n) is 6.70. The second kappa shape index (κ2) is 6.49. The van der Waals surface area contributed by atoms with Crippen LogP contribution in [0.5, 0.6) is 0 Å². The van der Waals surface area contributed by atoms with E-state index < -0.39 is 11.9 Å². The number of aromatic nitrogens is 1. The lowest BCUT2D eigenvalue weighted by molar-refractivity contribution is 0.0958. The van der Waals surface area contributed by atoms with Crippen LogP contribution < -0.4 is 5.32 Å². The fraction of sp³-hybridized carbons (Fsp3) is 0.333. The Morgan fingerprint density at radius 2 is 2.19 bits per heavy atom. The Balaban J connectivity index is 2.30. The van der Waals surface area contributed by atoms with Gasteiger partial charge in [0.2, 0.25) is 0 Å². The minimum absolute atomic E-state index is 0.0172. The topological polar surface area (TPSA) is 75.4 Å². The Bertz CT molecular complexity index is 640. The van der Waals surface area contributed by atoms with Gasteiger partial charge in [0.1, 0.15) is 11.4 Å². The molecule has 0 fully saturated rings. The Labute approximate surface area is 121 Å². The van der Waals surface area contributed by atoms with E-state index in [1.165, 1.54) is 19.2 Å². The summed E-state index contributed by atoms with van der Waals surface area (Å²) in [7, 11) is 1.51. The summed E-state index contributed by atoms with van der Waals surface area (Å²) in [6.45, 7) is 1.85. The molecule has 2 aromatic rings. The lowest BCUT2D eigenvalue weighted by atomic mass is 10.0. The number of carbonyl (C=O) groups is 1.